The molecule has 0 aromatic heterocycles. The number of Topliss-reactive ketones (excluding diaryl/α,β-unsaturated/α-hetero) is 1. The van der Waals surface area contributed by atoms with Gasteiger partial charge in [-0.3, -0.25) is 14.4 Å². The Bertz CT molecular complexity index is 852. The van der Waals surface area contributed by atoms with Crippen molar-refractivity contribution in [2.75, 3.05) is 13.2 Å². The summed E-state index contributed by atoms with van der Waals surface area (Å²) in [6, 6.07) is 0. The van der Waals surface area contributed by atoms with Crippen LogP contribution in [0, 0.1) is 34.0 Å². The largest absolute Gasteiger partial charge is 0.464 e. The fraction of sp³-hybridized carbons (Fsp3) is 0.773. The topological polar surface area (TPSA) is 119 Å². The lowest BCUT2D eigenvalue weighted by atomic mass is 9.43. The fourth-order valence-corrected chi connectivity index (χ4v) is 7.57. The maximum absolute atomic E-state index is 13.4. The van der Waals surface area contributed by atoms with Crippen LogP contribution in [0.4, 0.5) is 0 Å². The van der Waals surface area contributed by atoms with Crippen LogP contribution in [0.5, 0.6) is 0 Å². The minimum atomic E-state index is -1.56. The molecule has 8 heteroatoms. The monoisotopic (exact) mass is 420 g/mol. The van der Waals surface area contributed by atoms with E-state index in [-0.39, 0.29) is 24.7 Å². The molecule has 9 atom stereocenters. The summed E-state index contributed by atoms with van der Waals surface area (Å²) in [4.78, 5) is 38.2. The van der Waals surface area contributed by atoms with E-state index in [0.717, 1.165) is 0 Å². The summed E-state index contributed by atoms with van der Waals surface area (Å²) in [5.41, 5.74) is -2.83. The number of hydrogen-bond donors (Lipinski definition) is 2. The summed E-state index contributed by atoms with van der Waals surface area (Å²) < 4.78 is 17.0. The number of esters is 2. The van der Waals surface area contributed by atoms with Gasteiger partial charge in [-0.1, -0.05) is 13.5 Å². The fourth-order valence-electron chi connectivity index (χ4n) is 7.57. The van der Waals surface area contributed by atoms with E-state index in [4.69, 9.17) is 14.2 Å². The Morgan fingerprint density at radius 1 is 1.23 bits per heavy atom. The Morgan fingerprint density at radius 3 is 2.67 bits per heavy atom. The lowest BCUT2D eigenvalue weighted by Crippen LogP contribution is -2.71. The maximum Gasteiger partial charge on any atom is 0.320 e. The Labute approximate surface area is 174 Å². The van der Waals surface area contributed by atoms with E-state index in [0.29, 0.717) is 31.4 Å². The standard InChI is InChI=1S/C22H28O8/c1-10-12-6-13(24)15-21(7-12,17(10)26)19(27)29-9-22(15)14(25)4-5-20(3)8-28-18(16(20)22)30-11(2)23/h12-16,18,24-25H,1,4-9H2,2-3H3. The Morgan fingerprint density at radius 2 is 1.97 bits per heavy atom. The molecule has 3 aliphatic carbocycles. The molecular formula is C22H28O8. The van der Waals surface area contributed by atoms with Crippen molar-refractivity contribution in [2.45, 2.75) is 58.0 Å². The molecule has 5 rings (SSSR count). The molecule has 0 aromatic carbocycles. The molecule has 9 unspecified atom stereocenters. The number of allylic oxidation sites excluding steroid dienone is 1. The lowest BCUT2D eigenvalue weighted by Gasteiger charge is -2.62. The van der Waals surface area contributed by atoms with Gasteiger partial charge in [0.15, 0.2) is 5.78 Å². The molecular weight excluding hydrogens is 392 g/mol. The number of aliphatic hydroxyl groups excluding tert-OH is 2. The zero-order chi connectivity index (χ0) is 21.6. The Hall–Kier alpha value is -1.77. The average molecular weight is 420 g/mol. The van der Waals surface area contributed by atoms with Crippen LogP contribution >= 0.6 is 0 Å². The summed E-state index contributed by atoms with van der Waals surface area (Å²) >= 11 is 0. The second-order valence-corrected chi connectivity index (χ2v) is 10.2. The number of carbonyl (C=O) groups is 3. The summed E-state index contributed by atoms with van der Waals surface area (Å²) in [6.07, 6.45) is -1.29. The maximum atomic E-state index is 13.4. The van der Waals surface area contributed by atoms with Gasteiger partial charge < -0.3 is 24.4 Å². The van der Waals surface area contributed by atoms with E-state index in [2.05, 4.69) is 6.58 Å². The van der Waals surface area contributed by atoms with Crippen molar-refractivity contribution >= 4 is 17.7 Å². The quantitative estimate of drug-likeness (QED) is 0.362. The van der Waals surface area contributed by atoms with Crippen LogP contribution in [0.2, 0.25) is 0 Å². The van der Waals surface area contributed by atoms with Gasteiger partial charge >= 0.3 is 11.9 Å². The van der Waals surface area contributed by atoms with Gasteiger partial charge in [0.1, 0.15) is 12.0 Å². The summed E-state index contributed by atoms with van der Waals surface area (Å²) in [7, 11) is 0. The third-order valence-corrected chi connectivity index (χ3v) is 8.67. The summed E-state index contributed by atoms with van der Waals surface area (Å²) in [6.45, 7) is 7.36. The molecule has 2 bridgehead atoms. The molecule has 2 heterocycles. The number of aliphatic hydroxyl groups is 2. The van der Waals surface area contributed by atoms with Crippen LogP contribution in [-0.2, 0) is 28.6 Å². The van der Waals surface area contributed by atoms with Crippen LogP contribution in [0.15, 0.2) is 12.2 Å². The first-order valence-corrected chi connectivity index (χ1v) is 10.6. The highest BCUT2D eigenvalue weighted by Crippen LogP contribution is 2.69. The second kappa shape index (κ2) is 6.14. The van der Waals surface area contributed by atoms with Crippen molar-refractivity contribution < 1.29 is 38.8 Å². The zero-order valence-corrected chi connectivity index (χ0v) is 17.3. The van der Waals surface area contributed by atoms with Crippen molar-refractivity contribution in [3.8, 4) is 0 Å². The molecule has 30 heavy (non-hydrogen) atoms. The Kier molecular flexibility index (Phi) is 4.13. The lowest BCUT2D eigenvalue weighted by molar-refractivity contribution is -0.270. The SMILES string of the molecule is C=C1C(=O)C23CC1CC(O)C2C1(COC3=O)C(O)CCC2(C)COC(OC(C)=O)C21. The average Bonchev–Trinajstić information content (AvgIpc) is 3.11. The molecule has 164 valence electrons. The van der Waals surface area contributed by atoms with E-state index in [1.54, 1.807) is 0 Å². The van der Waals surface area contributed by atoms with Crippen molar-refractivity contribution in [2.24, 2.45) is 34.0 Å². The smallest absolute Gasteiger partial charge is 0.320 e. The minimum absolute atomic E-state index is 0.151. The number of hydrogen-bond acceptors (Lipinski definition) is 8. The van der Waals surface area contributed by atoms with E-state index >= 15 is 0 Å². The summed E-state index contributed by atoms with van der Waals surface area (Å²) in [5, 5.41) is 22.7. The Balaban J connectivity index is 1.71. The van der Waals surface area contributed by atoms with Crippen molar-refractivity contribution in [3.05, 3.63) is 12.2 Å². The van der Waals surface area contributed by atoms with E-state index in [1.165, 1.54) is 6.92 Å². The van der Waals surface area contributed by atoms with Crippen LogP contribution in [0.1, 0.15) is 39.5 Å². The second-order valence-electron chi connectivity index (χ2n) is 10.2. The predicted molar refractivity (Wildman–Crippen MR) is 101 cm³/mol. The highest BCUT2D eigenvalue weighted by atomic mass is 16.7. The highest BCUT2D eigenvalue weighted by molar-refractivity contribution is 6.15. The molecule has 0 amide bonds. The molecule has 0 aromatic rings. The predicted octanol–water partition coefficient (Wildman–Crippen LogP) is 0.739. The van der Waals surface area contributed by atoms with Crippen molar-refractivity contribution in [1.29, 1.82) is 0 Å². The third kappa shape index (κ3) is 2.19. The van der Waals surface area contributed by atoms with Crippen molar-refractivity contribution in [3.63, 3.8) is 0 Å². The first-order chi connectivity index (χ1) is 14.1. The number of cyclic esters (lactones) is 1. The molecule has 2 saturated heterocycles. The first-order valence-electron chi connectivity index (χ1n) is 10.6. The minimum Gasteiger partial charge on any atom is -0.464 e. The molecule has 0 radical (unpaired) electrons. The number of carbonyl (C=O) groups excluding carboxylic acids is 3. The van der Waals surface area contributed by atoms with Crippen LogP contribution in [0.25, 0.3) is 0 Å². The van der Waals surface area contributed by atoms with Gasteiger partial charge in [0.25, 0.3) is 0 Å². The van der Waals surface area contributed by atoms with Gasteiger partial charge in [0.05, 0.1) is 18.8 Å². The van der Waals surface area contributed by atoms with E-state index < -0.39 is 58.5 Å². The van der Waals surface area contributed by atoms with E-state index in [1.807, 2.05) is 6.92 Å². The van der Waals surface area contributed by atoms with Gasteiger partial charge in [-0.15, -0.1) is 0 Å². The number of fused-ring (bicyclic) bond motifs is 4. The van der Waals surface area contributed by atoms with Crippen LogP contribution in [-0.4, -0.2) is 59.6 Å². The van der Waals surface area contributed by atoms with Crippen LogP contribution < -0.4 is 0 Å². The molecule has 8 nitrogen and oxygen atoms in total. The van der Waals surface area contributed by atoms with Gasteiger partial charge in [0.2, 0.25) is 6.29 Å². The zero-order valence-electron chi connectivity index (χ0n) is 17.3. The normalized spacial score (nSPS) is 52.1. The molecule has 3 saturated carbocycles. The van der Waals surface area contributed by atoms with Gasteiger partial charge in [-0.2, -0.15) is 0 Å². The van der Waals surface area contributed by atoms with E-state index in [9.17, 15) is 24.6 Å². The number of rotatable bonds is 1. The van der Waals surface area contributed by atoms with Gasteiger partial charge in [0, 0.05) is 29.6 Å². The molecule has 5 aliphatic rings. The summed E-state index contributed by atoms with van der Waals surface area (Å²) in [5.74, 6) is -3.21. The van der Waals surface area contributed by atoms with Gasteiger partial charge in [-0.05, 0) is 37.2 Å². The van der Waals surface area contributed by atoms with Crippen molar-refractivity contribution in [1.82, 2.24) is 0 Å². The number of ketones is 1. The first kappa shape index (κ1) is 20.2. The molecule has 2 aliphatic heterocycles. The van der Waals surface area contributed by atoms with Crippen LogP contribution in [0.3, 0.4) is 0 Å². The van der Waals surface area contributed by atoms with Gasteiger partial charge in [-0.25, -0.2) is 0 Å². The molecule has 2 spiro atoms. The molecule has 2 N–H and O–H groups in total. The highest BCUT2D eigenvalue weighted by Gasteiger charge is 2.78. The number of ether oxygens (including phenoxy) is 3. The molecule has 5 fully saturated rings. The third-order valence-electron chi connectivity index (χ3n) is 8.67.